The van der Waals surface area contributed by atoms with E-state index in [4.69, 9.17) is 4.74 Å². The molecule has 0 saturated heterocycles. The number of hydrogen-bond acceptors (Lipinski definition) is 2. The van der Waals surface area contributed by atoms with Gasteiger partial charge in [-0.05, 0) is 48.7 Å². The highest BCUT2D eigenvalue weighted by Crippen LogP contribution is 2.13. The lowest BCUT2D eigenvalue weighted by atomic mass is 10.1. The van der Waals surface area contributed by atoms with E-state index in [1.165, 1.54) is 0 Å². The quantitative estimate of drug-likeness (QED) is 0.631. The van der Waals surface area contributed by atoms with Gasteiger partial charge in [-0.1, -0.05) is 24.3 Å². The molecule has 0 bridgehead atoms. The lowest BCUT2D eigenvalue weighted by Crippen LogP contribution is -2.36. The number of nitrogens with one attached hydrogen (secondary N) is 2. The van der Waals surface area contributed by atoms with Crippen LogP contribution in [0.4, 0.5) is 4.39 Å². The number of guanidine groups is 1. The molecule has 0 aromatic heterocycles. The summed E-state index contributed by atoms with van der Waals surface area (Å²) < 4.78 is 19.1. The second kappa shape index (κ2) is 8.91. The van der Waals surface area contributed by atoms with Crippen LogP contribution < -0.4 is 15.4 Å². The molecule has 0 heterocycles. The Morgan fingerprint density at radius 1 is 1.08 bits per heavy atom. The van der Waals surface area contributed by atoms with Gasteiger partial charge in [-0.25, -0.2) is 4.39 Å². The maximum Gasteiger partial charge on any atom is 0.191 e. The Morgan fingerprint density at radius 2 is 1.79 bits per heavy atom. The van der Waals surface area contributed by atoms with E-state index in [-0.39, 0.29) is 5.82 Å². The summed E-state index contributed by atoms with van der Waals surface area (Å²) in [5, 5.41) is 6.42. The van der Waals surface area contributed by atoms with E-state index in [1.54, 1.807) is 26.1 Å². The molecule has 0 unspecified atom stereocenters. The van der Waals surface area contributed by atoms with E-state index in [0.29, 0.717) is 31.2 Å². The maximum absolute atomic E-state index is 13.6. The van der Waals surface area contributed by atoms with E-state index in [1.807, 2.05) is 37.3 Å². The third kappa shape index (κ3) is 5.26. The molecule has 2 aromatic rings. The number of aliphatic imine (C=N–C) groups is 1. The average Bonchev–Trinajstić information content (AvgIpc) is 2.59. The Kier molecular flexibility index (Phi) is 6.61. The van der Waals surface area contributed by atoms with Crippen molar-refractivity contribution >= 4 is 5.96 Å². The summed E-state index contributed by atoms with van der Waals surface area (Å²) in [5.41, 5.74) is 2.63. The van der Waals surface area contributed by atoms with Crippen LogP contribution >= 0.6 is 0 Å². The summed E-state index contributed by atoms with van der Waals surface area (Å²) >= 11 is 0. The Morgan fingerprint density at radius 3 is 2.42 bits per heavy atom. The molecular weight excluding hydrogens is 305 g/mol. The molecule has 0 spiro atoms. The van der Waals surface area contributed by atoms with Gasteiger partial charge < -0.3 is 15.4 Å². The summed E-state index contributed by atoms with van der Waals surface area (Å²) in [4.78, 5) is 4.19. The van der Waals surface area contributed by atoms with Crippen LogP contribution in [-0.4, -0.2) is 19.6 Å². The number of rotatable bonds is 6. The van der Waals surface area contributed by atoms with Gasteiger partial charge >= 0.3 is 0 Å². The van der Waals surface area contributed by atoms with E-state index in [9.17, 15) is 4.39 Å². The normalized spacial score (nSPS) is 11.2. The summed E-state index contributed by atoms with van der Waals surface area (Å²) in [5.74, 6) is 1.33. The van der Waals surface area contributed by atoms with Crippen molar-refractivity contribution < 1.29 is 9.13 Å². The lowest BCUT2D eigenvalue weighted by Gasteiger charge is -2.13. The van der Waals surface area contributed by atoms with E-state index in [2.05, 4.69) is 15.6 Å². The molecule has 0 aliphatic carbocycles. The average molecular weight is 329 g/mol. The van der Waals surface area contributed by atoms with Gasteiger partial charge in [0.25, 0.3) is 0 Å². The van der Waals surface area contributed by atoms with Crippen LogP contribution in [-0.2, 0) is 13.1 Å². The zero-order valence-corrected chi connectivity index (χ0v) is 14.4. The first kappa shape index (κ1) is 17.8. The predicted octanol–water partition coefficient (Wildman–Crippen LogP) is 3.40. The minimum Gasteiger partial charge on any atom is -0.494 e. The summed E-state index contributed by atoms with van der Waals surface area (Å²) in [7, 11) is 1.71. The molecule has 0 radical (unpaired) electrons. The number of ether oxygens (including phenoxy) is 1. The smallest absolute Gasteiger partial charge is 0.191 e. The minimum absolute atomic E-state index is 0.190. The number of halogens is 1. The Bertz CT molecular complexity index is 701. The van der Waals surface area contributed by atoms with E-state index < -0.39 is 0 Å². The topological polar surface area (TPSA) is 45.6 Å². The molecule has 5 heteroatoms. The first-order chi connectivity index (χ1) is 11.6. The number of hydrogen-bond donors (Lipinski definition) is 2. The monoisotopic (exact) mass is 329 g/mol. The molecular formula is C19H24FN3O. The van der Waals surface area contributed by atoms with Gasteiger partial charge in [0.1, 0.15) is 11.6 Å². The zero-order valence-electron chi connectivity index (χ0n) is 14.4. The minimum atomic E-state index is -0.190. The number of benzene rings is 2. The molecule has 0 aliphatic rings. The SMILES string of the molecule is CCOc1cccc(CNC(=NC)NCc2ccc(C)c(F)c2)c1. The summed E-state index contributed by atoms with van der Waals surface area (Å²) in [6, 6.07) is 13.2. The fraction of sp³-hybridized carbons (Fsp3) is 0.316. The van der Waals surface area contributed by atoms with Gasteiger partial charge in [0.2, 0.25) is 0 Å². The van der Waals surface area contributed by atoms with Gasteiger partial charge in [0, 0.05) is 20.1 Å². The van der Waals surface area contributed by atoms with Gasteiger partial charge in [-0.2, -0.15) is 0 Å². The van der Waals surface area contributed by atoms with Crippen molar-refractivity contribution in [3.8, 4) is 5.75 Å². The highest BCUT2D eigenvalue weighted by atomic mass is 19.1. The van der Waals surface area contributed by atoms with Gasteiger partial charge in [-0.3, -0.25) is 4.99 Å². The van der Waals surface area contributed by atoms with Crippen LogP contribution in [0.25, 0.3) is 0 Å². The largest absolute Gasteiger partial charge is 0.494 e. The van der Waals surface area contributed by atoms with E-state index >= 15 is 0 Å². The van der Waals surface area contributed by atoms with Crippen LogP contribution in [0.5, 0.6) is 5.75 Å². The molecule has 0 fully saturated rings. The third-order valence-corrected chi connectivity index (χ3v) is 3.59. The van der Waals surface area contributed by atoms with Crippen molar-refractivity contribution in [1.29, 1.82) is 0 Å². The van der Waals surface area contributed by atoms with Crippen molar-refractivity contribution in [2.75, 3.05) is 13.7 Å². The maximum atomic E-state index is 13.6. The molecule has 0 aliphatic heterocycles. The molecule has 128 valence electrons. The second-order valence-corrected chi connectivity index (χ2v) is 5.44. The van der Waals surface area contributed by atoms with Crippen molar-refractivity contribution in [3.63, 3.8) is 0 Å². The van der Waals surface area contributed by atoms with Gasteiger partial charge in [0.05, 0.1) is 6.61 Å². The molecule has 2 N–H and O–H groups in total. The molecule has 24 heavy (non-hydrogen) atoms. The van der Waals surface area contributed by atoms with Crippen LogP contribution in [0.3, 0.4) is 0 Å². The highest BCUT2D eigenvalue weighted by molar-refractivity contribution is 5.79. The second-order valence-electron chi connectivity index (χ2n) is 5.44. The van der Waals surface area contributed by atoms with Crippen LogP contribution in [0.1, 0.15) is 23.6 Å². The van der Waals surface area contributed by atoms with Gasteiger partial charge in [-0.15, -0.1) is 0 Å². The van der Waals surface area contributed by atoms with Crippen LogP contribution in [0.15, 0.2) is 47.5 Å². The fourth-order valence-electron chi connectivity index (χ4n) is 2.25. The third-order valence-electron chi connectivity index (χ3n) is 3.59. The predicted molar refractivity (Wildman–Crippen MR) is 95.8 cm³/mol. The molecule has 4 nitrogen and oxygen atoms in total. The number of nitrogens with zero attached hydrogens (tertiary/aromatic N) is 1. The fourth-order valence-corrected chi connectivity index (χ4v) is 2.25. The molecule has 0 amide bonds. The Balaban J connectivity index is 1.88. The standard InChI is InChI=1S/C19H24FN3O/c1-4-24-17-7-5-6-15(10-17)12-22-19(21-3)23-13-16-9-8-14(2)18(20)11-16/h5-11H,4,12-13H2,1-3H3,(H2,21,22,23). The summed E-state index contributed by atoms with van der Waals surface area (Å²) in [6.07, 6.45) is 0. The molecule has 2 aromatic carbocycles. The first-order valence-electron chi connectivity index (χ1n) is 8.03. The lowest BCUT2D eigenvalue weighted by molar-refractivity contribution is 0.340. The van der Waals surface area contributed by atoms with Crippen molar-refractivity contribution in [3.05, 3.63) is 65.0 Å². The van der Waals surface area contributed by atoms with Crippen LogP contribution in [0, 0.1) is 12.7 Å². The first-order valence-corrected chi connectivity index (χ1v) is 8.03. The van der Waals surface area contributed by atoms with Crippen molar-refractivity contribution in [2.45, 2.75) is 26.9 Å². The Hall–Kier alpha value is -2.56. The van der Waals surface area contributed by atoms with Crippen LogP contribution in [0.2, 0.25) is 0 Å². The van der Waals surface area contributed by atoms with Crippen molar-refractivity contribution in [2.24, 2.45) is 4.99 Å². The van der Waals surface area contributed by atoms with Gasteiger partial charge in [0.15, 0.2) is 5.96 Å². The molecule has 0 atom stereocenters. The molecule has 0 saturated carbocycles. The van der Waals surface area contributed by atoms with Crippen molar-refractivity contribution in [1.82, 2.24) is 10.6 Å². The Labute approximate surface area is 142 Å². The molecule has 2 rings (SSSR count). The zero-order chi connectivity index (χ0) is 17.4. The summed E-state index contributed by atoms with van der Waals surface area (Å²) in [6.45, 7) is 5.50. The van der Waals surface area contributed by atoms with E-state index in [0.717, 1.165) is 16.9 Å². The number of aryl methyl sites for hydroxylation is 1. The highest BCUT2D eigenvalue weighted by Gasteiger charge is 2.03.